The maximum atomic E-state index is 12.1. The molecule has 25 heavy (non-hydrogen) atoms. The Morgan fingerprint density at radius 3 is 2.60 bits per heavy atom. The van der Waals surface area contributed by atoms with Crippen molar-refractivity contribution in [3.8, 4) is 0 Å². The minimum atomic E-state index is -0.919. The molecule has 0 aliphatic heterocycles. The summed E-state index contributed by atoms with van der Waals surface area (Å²) in [6.07, 6.45) is 10.4. The average molecular weight is 344 g/mol. The molecule has 0 bridgehead atoms. The van der Waals surface area contributed by atoms with Gasteiger partial charge in [0.15, 0.2) is 0 Å². The number of aliphatic carboxylic acids is 1. The maximum absolute atomic E-state index is 12.1. The highest BCUT2D eigenvalue weighted by Crippen LogP contribution is 2.19. The minimum absolute atomic E-state index is 0.0760. The SMILES string of the molecule is CCCCCCCCc1ccc2c(ccn2C(=O)NCCC(=O)O)c1. The molecule has 0 aliphatic rings. The van der Waals surface area contributed by atoms with Crippen LogP contribution < -0.4 is 5.32 Å². The first kappa shape index (κ1) is 19.0. The molecule has 0 saturated heterocycles. The van der Waals surface area contributed by atoms with Crippen LogP contribution in [0.25, 0.3) is 10.9 Å². The van der Waals surface area contributed by atoms with Gasteiger partial charge in [0.2, 0.25) is 0 Å². The summed E-state index contributed by atoms with van der Waals surface area (Å²) in [6.45, 7) is 2.36. The van der Waals surface area contributed by atoms with E-state index < -0.39 is 5.97 Å². The molecule has 2 N–H and O–H groups in total. The van der Waals surface area contributed by atoms with E-state index >= 15 is 0 Å². The van der Waals surface area contributed by atoms with E-state index in [0.29, 0.717) is 0 Å². The summed E-state index contributed by atoms with van der Waals surface area (Å²) < 4.78 is 1.53. The number of unbranched alkanes of at least 4 members (excludes halogenated alkanes) is 5. The van der Waals surface area contributed by atoms with E-state index in [1.165, 1.54) is 48.7 Å². The quantitative estimate of drug-likeness (QED) is 0.620. The van der Waals surface area contributed by atoms with Crippen LogP contribution in [0, 0.1) is 0 Å². The largest absolute Gasteiger partial charge is 0.481 e. The van der Waals surface area contributed by atoms with Crippen molar-refractivity contribution in [2.24, 2.45) is 0 Å². The van der Waals surface area contributed by atoms with E-state index in [2.05, 4.69) is 24.4 Å². The number of hydrogen-bond donors (Lipinski definition) is 2. The highest BCUT2D eigenvalue weighted by atomic mass is 16.4. The second kappa shape index (κ2) is 9.87. The van der Waals surface area contributed by atoms with Gasteiger partial charge in [-0.05, 0) is 36.6 Å². The zero-order valence-electron chi connectivity index (χ0n) is 15.0. The normalized spacial score (nSPS) is 10.9. The maximum Gasteiger partial charge on any atom is 0.326 e. The average Bonchev–Trinajstić information content (AvgIpc) is 3.01. The molecule has 0 atom stereocenters. The van der Waals surface area contributed by atoms with Crippen molar-refractivity contribution in [2.75, 3.05) is 6.54 Å². The van der Waals surface area contributed by atoms with Gasteiger partial charge in [-0.3, -0.25) is 9.36 Å². The van der Waals surface area contributed by atoms with Crippen LogP contribution >= 0.6 is 0 Å². The predicted octanol–water partition coefficient (Wildman–Crippen LogP) is 4.58. The van der Waals surface area contributed by atoms with Crippen LogP contribution in [0.4, 0.5) is 4.79 Å². The first-order valence-electron chi connectivity index (χ1n) is 9.22. The molecule has 5 heteroatoms. The molecule has 0 fully saturated rings. The van der Waals surface area contributed by atoms with Crippen LogP contribution in [0.1, 0.15) is 57.4 Å². The molecular formula is C20H28N2O3. The molecule has 136 valence electrons. The molecule has 0 spiro atoms. The van der Waals surface area contributed by atoms with E-state index in [9.17, 15) is 9.59 Å². The first-order chi connectivity index (χ1) is 12.1. The summed E-state index contributed by atoms with van der Waals surface area (Å²) in [5.41, 5.74) is 2.14. The topological polar surface area (TPSA) is 71.3 Å². The number of carboxylic acids is 1. The van der Waals surface area contributed by atoms with Crippen molar-refractivity contribution in [1.29, 1.82) is 0 Å². The molecule has 0 saturated carbocycles. The van der Waals surface area contributed by atoms with Gasteiger partial charge < -0.3 is 10.4 Å². The minimum Gasteiger partial charge on any atom is -0.481 e. The number of aromatic nitrogens is 1. The van der Waals surface area contributed by atoms with Gasteiger partial charge in [-0.15, -0.1) is 0 Å². The van der Waals surface area contributed by atoms with E-state index in [4.69, 9.17) is 5.11 Å². The van der Waals surface area contributed by atoms with Gasteiger partial charge in [-0.2, -0.15) is 0 Å². The first-order valence-corrected chi connectivity index (χ1v) is 9.22. The van der Waals surface area contributed by atoms with Crippen molar-refractivity contribution >= 4 is 22.9 Å². The summed E-state index contributed by atoms with van der Waals surface area (Å²) in [6, 6.07) is 7.83. The Morgan fingerprint density at radius 1 is 1.08 bits per heavy atom. The lowest BCUT2D eigenvalue weighted by atomic mass is 10.0. The van der Waals surface area contributed by atoms with Gasteiger partial charge in [-0.25, -0.2) is 4.79 Å². The lowest BCUT2D eigenvalue weighted by molar-refractivity contribution is -0.136. The standard InChI is InChI=1S/C20H28N2O3/c1-2-3-4-5-6-7-8-16-9-10-18-17(15-16)12-14-22(18)20(25)21-13-11-19(23)24/h9-10,12,14-15H,2-8,11,13H2,1H3,(H,21,25)(H,23,24). The Kier molecular flexibility index (Phi) is 7.51. The monoisotopic (exact) mass is 344 g/mol. The Morgan fingerprint density at radius 2 is 1.84 bits per heavy atom. The molecule has 1 aromatic heterocycles. The molecule has 2 rings (SSSR count). The molecular weight excluding hydrogens is 316 g/mol. The van der Waals surface area contributed by atoms with Crippen molar-refractivity contribution < 1.29 is 14.7 Å². The van der Waals surface area contributed by atoms with Gasteiger partial charge in [0.25, 0.3) is 0 Å². The van der Waals surface area contributed by atoms with Crippen molar-refractivity contribution in [3.05, 3.63) is 36.0 Å². The zero-order chi connectivity index (χ0) is 18.1. The summed E-state index contributed by atoms with van der Waals surface area (Å²) in [4.78, 5) is 22.7. The second-order valence-corrected chi connectivity index (χ2v) is 6.47. The van der Waals surface area contributed by atoms with E-state index in [1.54, 1.807) is 6.20 Å². The van der Waals surface area contributed by atoms with Crippen molar-refractivity contribution in [3.63, 3.8) is 0 Å². The Hall–Kier alpha value is -2.30. The van der Waals surface area contributed by atoms with E-state index in [1.807, 2.05) is 12.1 Å². The number of carbonyl (C=O) groups excluding carboxylic acids is 1. The third-order valence-electron chi connectivity index (χ3n) is 4.41. The molecule has 1 amide bonds. The number of carbonyl (C=O) groups is 2. The third kappa shape index (κ3) is 5.93. The number of aryl methyl sites for hydroxylation is 1. The van der Waals surface area contributed by atoms with Gasteiger partial charge in [0.05, 0.1) is 11.9 Å². The number of fused-ring (bicyclic) bond motifs is 1. The van der Waals surface area contributed by atoms with Crippen LogP contribution in [0.15, 0.2) is 30.5 Å². The molecule has 2 aromatic rings. The van der Waals surface area contributed by atoms with Crippen LogP contribution in [-0.4, -0.2) is 28.2 Å². The van der Waals surface area contributed by atoms with Gasteiger partial charge in [-0.1, -0.05) is 45.1 Å². The second-order valence-electron chi connectivity index (χ2n) is 6.47. The van der Waals surface area contributed by atoms with Crippen molar-refractivity contribution in [2.45, 2.75) is 58.3 Å². The Bertz CT molecular complexity index is 706. The highest BCUT2D eigenvalue weighted by Gasteiger charge is 2.09. The fraction of sp³-hybridized carbons (Fsp3) is 0.500. The van der Waals surface area contributed by atoms with Crippen molar-refractivity contribution in [1.82, 2.24) is 9.88 Å². The van der Waals surface area contributed by atoms with E-state index in [-0.39, 0.29) is 19.0 Å². The Balaban J connectivity index is 1.89. The smallest absolute Gasteiger partial charge is 0.326 e. The van der Waals surface area contributed by atoms with Crippen LogP contribution in [0.2, 0.25) is 0 Å². The molecule has 1 heterocycles. The number of benzene rings is 1. The number of rotatable bonds is 10. The summed E-state index contributed by atoms with van der Waals surface area (Å²) in [5.74, 6) is -0.919. The fourth-order valence-electron chi connectivity index (χ4n) is 3.00. The number of nitrogens with one attached hydrogen (secondary N) is 1. The summed E-state index contributed by atoms with van der Waals surface area (Å²) >= 11 is 0. The van der Waals surface area contributed by atoms with Crippen LogP contribution in [0.5, 0.6) is 0 Å². The predicted molar refractivity (Wildman–Crippen MR) is 100 cm³/mol. The summed E-state index contributed by atoms with van der Waals surface area (Å²) in [5, 5.41) is 12.3. The lowest BCUT2D eigenvalue weighted by Gasteiger charge is -2.07. The Labute approximate surface area is 149 Å². The molecule has 5 nitrogen and oxygen atoms in total. The number of amides is 1. The third-order valence-corrected chi connectivity index (χ3v) is 4.41. The summed E-state index contributed by atoms with van der Waals surface area (Å²) in [7, 11) is 0. The molecule has 1 aromatic carbocycles. The lowest BCUT2D eigenvalue weighted by Crippen LogP contribution is -2.29. The van der Waals surface area contributed by atoms with Gasteiger partial charge in [0, 0.05) is 18.1 Å². The fourth-order valence-corrected chi connectivity index (χ4v) is 3.00. The molecule has 0 radical (unpaired) electrons. The van der Waals surface area contributed by atoms with Gasteiger partial charge in [0.1, 0.15) is 0 Å². The number of nitrogens with zero attached hydrogens (tertiary/aromatic N) is 1. The van der Waals surface area contributed by atoms with E-state index in [0.717, 1.165) is 17.3 Å². The van der Waals surface area contributed by atoms with Crippen LogP contribution in [0.3, 0.4) is 0 Å². The number of carboxylic acid groups (broad SMARTS) is 1. The zero-order valence-corrected chi connectivity index (χ0v) is 15.0. The van der Waals surface area contributed by atoms with Crippen LogP contribution in [-0.2, 0) is 11.2 Å². The number of hydrogen-bond acceptors (Lipinski definition) is 2. The van der Waals surface area contributed by atoms with Gasteiger partial charge >= 0.3 is 12.0 Å². The molecule has 0 unspecified atom stereocenters. The molecule has 0 aliphatic carbocycles. The highest BCUT2D eigenvalue weighted by molar-refractivity contribution is 5.92.